The number of carbonyl (C=O) groups excluding carboxylic acids is 1. The second kappa shape index (κ2) is 13.8. The van der Waals surface area contributed by atoms with E-state index in [0.29, 0.717) is 0 Å². The summed E-state index contributed by atoms with van der Waals surface area (Å²) in [6.45, 7) is -2.03. The van der Waals surface area contributed by atoms with Gasteiger partial charge in [0.1, 0.15) is 47.9 Å². The molecule has 2 aliphatic rings. The van der Waals surface area contributed by atoms with E-state index in [1.54, 1.807) is 0 Å². The number of rotatable bonds is 13. The maximum atomic E-state index is 12.6. The molecule has 10 atom stereocenters. The number of aliphatic hydroxyl groups is 3. The van der Waals surface area contributed by atoms with E-state index in [1.165, 1.54) is 29.1 Å². The minimum Gasteiger partial charge on any atom is -0.387 e. The monoisotopic (exact) mass is 744 g/mol. The van der Waals surface area contributed by atoms with Gasteiger partial charge in [0.25, 0.3) is 12.1 Å². The van der Waals surface area contributed by atoms with Gasteiger partial charge in [0.05, 0.1) is 19.5 Å². The van der Waals surface area contributed by atoms with Crippen molar-refractivity contribution in [2.24, 2.45) is 5.73 Å². The first-order valence-corrected chi connectivity index (χ1v) is 17.9. The zero-order valence-corrected chi connectivity index (χ0v) is 26.6. The summed E-state index contributed by atoms with van der Waals surface area (Å²) in [7, 11) is -16.3. The van der Waals surface area contributed by atoms with E-state index in [9.17, 15) is 53.4 Å². The van der Waals surface area contributed by atoms with E-state index < -0.39 is 91.7 Å². The lowest BCUT2D eigenvalue weighted by molar-refractivity contribution is -0.765. The molecule has 0 aromatic carbocycles. The van der Waals surface area contributed by atoms with E-state index in [1.807, 2.05) is 0 Å². The molecular formula is C21H29N7O17P3+. The number of aliphatic hydroxyl groups excluding tert-OH is 3. The predicted molar refractivity (Wildman–Crippen MR) is 150 cm³/mol. The first-order chi connectivity index (χ1) is 22.4. The van der Waals surface area contributed by atoms with Crippen LogP contribution in [0.25, 0.3) is 11.2 Å². The van der Waals surface area contributed by atoms with Crippen LogP contribution in [0.1, 0.15) is 22.8 Å². The van der Waals surface area contributed by atoms with Gasteiger partial charge in [-0.3, -0.25) is 22.9 Å². The fraction of sp³-hybridized carbons (Fsp3) is 0.476. The standard InChI is InChI=1S/C21H28N7O17P3/c22-17-12-19(25-7-24-17)28(8-26-12)21-16(44-46(33,34)35)14(30)11(43-21)6-41-48(38,39)45-47(36,37)40-5-10-13(29)15(31)20(42-10)27-3-1-2-9(4-27)18(23)32/h1-4,7-8,10-11,13-16,20-21,29-31H,5-6H2,(H7-,22,23,24,25,32,33,34,35,36,37,38,39)/p+1/t10-,11-,13-,14-,15-,16-,20-,21+/m1/s1. The summed E-state index contributed by atoms with van der Waals surface area (Å²) in [4.78, 5) is 62.2. The number of pyridine rings is 1. The Bertz CT molecular complexity index is 1810. The Morgan fingerprint density at radius 1 is 0.958 bits per heavy atom. The van der Waals surface area contributed by atoms with E-state index in [-0.39, 0.29) is 22.5 Å². The van der Waals surface area contributed by atoms with Crippen LogP contribution in [0.4, 0.5) is 5.82 Å². The predicted octanol–water partition coefficient (Wildman–Crippen LogP) is -2.90. The van der Waals surface area contributed by atoms with Crippen LogP contribution in [0.5, 0.6) is 0 Å². The van der Waals surface area contributed by atoms with Gasteiger partial charge >= 0.3 is 23.5 Å². The number of nitrogen functional groups attached to an aromatic ring is 1. The number of nitrogens with two attached hydrogens (primary N) is 2. The van der Waals surface area contributed by atoms with Gasteiger partial charge in [-0.1, -0.05) is 0 Å². The van der Waals surface area contributed by atoms with Crippen LogP contribution in [-0.2, 0) is 41.1 Å². The number of phosphoric ester groups is 3. The molecule has 24 nitrogen and oxygen atoms in total. The SMILES string of the molecule is NC(=O)c1ccc[n+]([C@@H]2O[C@H](COP(=O)(O)OP(=O)(O)OC[C@H]3O[C@H](n4cnc5c(N)ncnc54)[C@H](OP(=O)(O)O)[C@@H]3O)[C@@H](O)[C@H]2O)c1. The van der Waals surface area contributed by atoms with Crippen LogP contribution in [-0.4, -0.2) is 110 Å². The molecule has 2 unspecified atom stereocenters. The molecule has 3 aromatic rings. The highest BCUT2D eigenvalue weighted by Gasteiger charge is 2.51. The highest BCUT2D eigenvalue weighted by molar-refractivity contribution is 7.61. The Labute approximate surface area is 267 Å². The first kappa shape index (κ1) is 36.4. The second-order valence-corrected chi connectivity index (χ2v) is 14.5. The molecule has 0 saturated carbocycles. The summed E-state index contributed by atoms with van der Waals surface area (Å²) in [5.41, 5.74) is 11.1. The summed E-state index contributed by atoms with van der Waals surface area (Å²) in [6.07, 6.45) is -8.39. The van der Waals surface area contributed by atoms with E-state index in [0.717, 1.165) is 17.2 Å². The van der Waals surface area contributed by atoms with Crippen molar-refractivity contribution >= 4 is 46.4 Å². The fourth-order valence-corrected chi connectivity index (χ4v) is 7.47. The summed E-state index contributed by atoms with van der Waals surface area (Å²) in [6, 6.07) is 2.79. The molecule has 1 amide bonds. The van der Waals surface area contributed by atoms with Crippen LogP contribution in [0.3, 0.4) is 0 Å². The number of nitrogens with zero attached hydrogens (tertiary/aromatic N) is 5. The lowest BCUT2D eigenvalue weighted by atomic mass is 10.1. The number of ether oxygens (including phenoxy) is 2. The highest BCUT2D eigenvalue weighted by Crippen LogP contribution is 2.61. The number of anilines is 1. The number of aromatic nitrogens is 5. The molecule has 0 spiro atoms. The topological polar surface area (TPSA) is 365 Å². The van der Waals surface area contributed by atoms with E-state index in [2.05, 4.69) is 23.8 Å². The zero-order valence-electron chi connectivity index (χ0n) is 23.9. The molecule has 3 aromatic heterocycles. The van der Waals surface area contributed by atoms with Crippen LogP contribution in [0.15, 0.2) is 37.2 Å². The average molecular weight is 744 g/mol. The third-order valence-corrected chi connectivity index (χ3v) is 10.1. The summed E-state index contributed by atoms with van der Waals surface area (Å²) in [5.74, 6) is -0.848. The Hall–Kier alpha value is -2.86. The van der Waals surface area contributed by atoms with Gasteiger partial charge in [-0.25, -0.2) is 28.6 Å². The number of fused-ring (bicyclic) bond motifs is 1. The quantitative estimate of drug-likeness (QED) is 0.0626. The molecule has 2 aliphatic heterocycles. The number of imidazole rings is 1. The minimum atomic E-state index is -5.52. The molecule has 0 bridgehead atoms. The summed E-state index contributed by atoms with van der Waals surface area (Å²) in [5, 5.41) is 31.5. The van der Waals surface area contributed by atoms with Crippen LogP contribution in [0, 0.1) is 0 Å². The number of carbonyl (C=O) groups is 1. The minimum absolute atomic E-state index is 0.00286. The van der Waals surface area contributed by atoms with Gasteiger partial charge in [0.15, 0.2) is 36.2 Å². The lowest BCUT2D eigenvalue weighted by Crippen LogP contribution is -2.46. The number of hydrogen-bond acceptors (Lipinski definition) is 17. The van der Waals surface area contributed by atoms with Gasteiger partial charge < -0.3 is 55.8 Å². The molecular weight excluding hydrogens is 715 g/mol. The molecule has 27 heteroatoms. The molecule has 2 fully saturated rings. The largest absolute Gasteiger partial charge is 0.481 e. The van der Waals surface area contributed by atoms with Crippen molar-refractivity contribution in [3.8, 4) is 0 Å². The van der Waals surface area contributed by atoms with Gasteiger partial charge in [-0.05, 0) is 6.07 Å². The van der Waals surface area contributed by atoms with Crippen molar-refractivity contribution in [1.29, 1.82) is 0 Å². The average Bonchev–Trinajstić information content (AvgIpc) is 3.64. The van der Waals surface area contributed by atoms with Crippen molar-refractivity contribution in [3.05, 3.63) is 42.7 Å². The Morgan fingerprint density at radius 3 is 2.23 bits per heavy atom. The summed E-state index contributed by atoms with van der Waals surface area (Å²) >= 11 is 0. The fourth-order valence-electron chi connectivity index (χ4n) is 4.83. The lowest BCUT2D eigenvalue weighted by Gasteiger charge is -2.22. The molecule has 48 heavy (non-hydrogen) atoms. The number of primary amides is 1. The van der Waals surface area contributed by atoms with Crippen LogP contribution >= 0.6 is 23.5 Å². The third-order valence-electron chi connectivity index (χ3n) is 6.98. The van der Waals surface area contributed by atoms with Crippen molar-refractivity contribution < 1.29 is 85.3 Å². The normalized spacial score (nSPS) is 30.3. The molecule has 5 rings (SSSR count). The van der Waals surface area contributed by atoms with Gasteiger partial charge in [-0.2, -0.15) is 8.88 Å². The molecule has 0 radical (unpaired) electrons. The molecule has 5 heterocycles. The van der Waals surface area contributed by atoms with Crippen LogP contribution in [0.2, 0.25) is 0 Å². The second-order valence-electron chi connectivity index (χ2n) is 10.3. The van der Waals surface area contributed by atoms with Gasteiger partial charge in [0.2, 0.25) is 0 Å². The Morgan fingerprint density at radius 2 is 1.60 bits per heavy atom. The van der Waals surface area contributed by atoms with Gasteiger partial charge in [-0.15, -0.1) is 0 Å². The van der Waals surface area contributed by atoms with Crippen LogP contribution < -0.4 is 16.0 Å². The Kier molecular flexibility index (Phi) is 10.5. The summed E-state index contributed by atoms with van der Waals surface area (Å²) < 4.78 is 68.4. The molecule has 0 aliphatic carbocycles. The molecule has 2 saturated heterocycles. The molecule has 264 valence electrons. The highest BCUT2D eigenvalue weighted by atomic mass is 31.3. The smallest absolute Gasteiger partial charge is 0.387 e. The molecule has 11 N–H and O–H groups in total. The van der Waals surface area contributed by atoms with Crippen molar-refractivity contribution in [3.63, 3.8) is 0 Å². The van der Waals surface area contributed by atoms with E-state index in [4.69, 9.17) is 30.0 Å². The maximum Gasteiger partial charge on any atom is 0.481 e. The first-order valence-electron chi connectivity index (χ1n) is 13.3. The van der Waals surface area contributed by atoms with Gasteiger partial charge in [0, 0.05) is 6.07 Å². The number of amides is 1. The maximum absolute atomic E-state index is 12.6. The number of hydrogen-bond donors (Lipinski definition) is 9. The third kappa shape index (κ3) is 8.12. The van der Waals surface area contributed by atoms with Crippen molar-refractivity contribution in [2.45, 2.75) is 49.1 Å². The zero-order chi connectivity index (χ0) is 35.2. The van der Waals surface area contributed by atoms with Crippen molar-refractivity contribution in [1.82, 2.24) is 19.5 Å². The number of phosphoric acid groups is 3. The Balaban J connectivity index is 1.21. The van der Waals surface area contributed by atoms with E-state index >= 15 is 0 Å². The van der Waals surface area contributed by atoms with Crippen molar-refractivity contribution in [2.75, 3.05) is 18.9 Å².